The number of nitrogens with zero attached hydrogens (tertiary/aromatic N) is 7. The molecule has 3 aromatic heterocycles. The molecule has 41 heavy (non-hydrogen) atoms. The average molecular weight is 581 g/mol. The maximum absolute atomic E-state index is 14.2. The molecule has 3 N–H and O–H groups in total. The molecule has 2 saturated heterocycles. The summed E-state index contributed by atoms with van der Waals surface area (Å²) in [5.74, 6) is 1.45. The van der Waals surface area contributed by atoms with E-state index in [1.54, 1.807) is 36.7 Å². The predicted molar refractivity (Wildman–Crippen MR) is 150 cm³/mol. The second kappa shape index (κ2) is 11.9. The fourth-order valence-electron chi connectivity index (χ4n) is 5.14. The highest BCUT2D eigenvalue weighted by atomic mass is 35.5. The third-order valence-electron chi connectivity index (χ3n) is 7.49. The number of benzene rings is 1. The summed E-state index contributed by atoms with van der Waals surface area (Å²) >= 11 is 5.86. The Morgan fingerprint density at radius 2 is 2.00 bits per heavy atom. The zero-order valence-corrected chi connectivity index (χ0v) is 23.0. The third kappa shape index (κ3) is 6.24. The topological polar surface area (TPSA) is 137 Å². The SMILES string of the molecule is NC(=NO)c1cc2nc(CN3CCC(Oc4ccnc(Cc5ccc(Cl)cc5F)n4)CC3)n(CC3CCO3)c2cn1. The normalized spacial score (nSPS) is 18.5. The van der Waals surface area contributed by atoms with Gasteiger partial charge in [-0.05, 0) is 43.0 Å². The van der Waals surface area contributed by atoms with E-state index in [-0.39, 0.29) is 30.3 Å². The zero-order chi connectivity index (χ0) is 28.3. The molecule has 0 spiro atoms. The van der Waals surface area contributed by atoms with Crippen molar-refractivity contribution in [3.05, 3.63) is 76.5 Å². The Morgan fingerprint density at radius 1 is 1.17 bits per heavy atom. The van der Waals surface area contributed by atoms with Gasteiger partial charge in [0.15, 0.2) is 5.84 Å². The molecule has 0 amide bonds. The van der Waals surface area contributed by atoms with Gasteiger partial charge in [-0.3, -0.25) is 9.88 Å². The molecule has 214 valence electrons. The number of ether oxygens (including phenoxy) is 2. The summed E-state index contributed by atoms with van der Waals surface area (Å²) in [6, 6.07) is 8.06. The monoisotopic (exact) mass is 580 g/mol. The van der Waals surface area contributed by atoms with Crippen LogP contribution in [-0.2, 0) is 24.2 Å². The highest BCUT2D eigenvalue weighted by molar-refractivity contribution is 6.30. The maximum atomic E-state index is 14.2. The number of hydrogen-bond donors (Lipinski definition) is 2. The standard InChI is InChI=1S/C28H30ClFN8O3/c29-18-2-1-17(21(30)12-18)11-25-32-7-3-27(35-25)41-19-4-8-37(9-5-19)16-26-34-22-13-23(28(31)36-39)33-14-24(22)38(26)15-20-6-10-40-20/h1-3,7,12-14,19-20,39H,4-6,8-11,15-16H2,(H2,31,36). The van der Waals surface area contributed by atoms with Crippen molar-refractivity contribution in [3.63, 3.8) is 0 Å². The van der Waals surface area contributed by atoms with E-state index in [9.17, 15) is 4.39 Å². The number of rotatable bonds is 9. The van der Waals surface area contributed by atoms with E-state index in [1.807, 2.05) is 0 Å². The molecule has 5 heterocycles. The van der Waals surface area contributed by atoms with Crippen molar-refractivity contribution in [2.24, 2.45) is 10.9 Å². The van der Waals surface area contributed by atoms with Gasteiger partial charge in [-0.2, -0.15) is 4.98 Å². The van der Waals surface area contributed by atoms with E-state index in [0.717, 1.165) is 55.8 Å². The van der Waals surface area contributed by atoms with Crippen LogP contribution in [0.25, 0.3) is 11.0 Å². The first-order valence-electron chi connectivity index (χ1n) is 13.5. The molecule has 11 nitrogen and oxygen atoms in total. The number of fused-ring (bicyclic) bond motifs is 1. The third-order valence-corrected chi connectivity index (χ3v) is 7.73. The molecule has 0 saturated carbocycles. The number of halogens is 2. The molecule has 1 aromatic carbocycles. The van der Waals surface area contributed by atoms with Crippen molar-refractivity contribution in [1.82, 2.24) is 29.4 Å². The molecule has 2 aliphatic heterocycles. The van der Waals surface area contributed by atoms with Gasteiger partial charge in [0.2, 0.25) is 5.88 Å². The van der Waals surface area contributed by atoms with E-state index in [4.69, 9.17) is 37.0 Å². The first kappa shape index (κ1) is 27.3. The maximum Gasteiger partial charge on any atom is 0.216 e. The summed E-state index contributed by atoms with van der Waals surface area (Å²) in [5.41, 5.74) is 8.23. The summed E-state index contributed by atoms with van der Waals surface area (Å²) in [6.07, 6.45) is 6.43. The van der Waals surface area contributed by atoms with Crippen LogP contribution in [0.5, 0.6) is 5.88 Å². The lowest BCUT2D eigenvalue weighted by Gasteiger charge is -2.32. The average Bonchev–Trinajstić information content (AvgIpc) is 3.29. The minimum Gasteiger partial charge on any atom is -0.474 e. The minimum absolute atomic E-state index is 0.0102. The van der Waals surface area contributed by atoms with Crippen LogP contribution in [0.3, 0.4) is 0 Å². The number of likely N-dealkylation sites (tertiary alicyclic amines) is 1. The number of piperidine rings is 1. The van der Waals surface area contributed by atoms with Gasteiger partial charge in [0.05, 0.1) is 36.4 Å². The number of imidazole rings is 1. The number of amidine groups is 1. The first-order valence-corrected chi connectivity index (χ1v) is 13.9. The minimum atomic E-state index is -0.381. The van der Waals surface area contributed by atoms with Crippen LogP contribution in [0, 0.1) is 5.82 Å². The van der Waals surface area contributed by atoms with Crippen molar-refractivity contribution in [2.75, 3.05) is 19.7 Å². The molecule has 4 aromatic rings. The van der Waals surface area contributed by atoms with Gasteiger partial charge in [0.1, 0.15) is 29.3 Å². The summed E-state index contributed by atoms with van der Waals surface area (Å²) < 4.78 is 28.3. The molecule has 2 fully saturated rings. The molecule has 2 aliphatic rings. The van der Waals surface area contributed by atoms with Gasteiger partial charge in [0.25, 0.3) is 0 Å². The molecule has 0 aliphatic carbocycles. The van der Waals surface area contributed by atoms with E-state index in [2.05, 4.69) is 29.6 Å². The number of oxime groups is 1. The Bertz CT molecular complexity index is 1570. The highest BCUT2D eigenvalue weighted by Crippen LogP contribution is 2.24. The van der Waals surface area contributed by atoms with Crippen molar-refractivity contribution in [2.45, 2.75) is 51.0 Å². The Kier molecular flexibility index (Phi) is 7.95. The smallest absolute Gasteiger partial charge is 0.216 e. The predicted octanol–water partition coefficient (Wildman–Crippen LogP) is 3.53. The molecular formula is C28H30ClFN8O3. The van der Waals surface area contributed by atoms with Crippen molar-refractivity contribution in [1.29, 1.82) is 0 Å². The van der Waals surface area contributed by atoms with Crippen molar-refractivity contribution in [3.8, 4) is 5.88 Å². The lowest BCUT2D eigenvalue weighted by Crippen LogP contribution is -2.39. The van der Waals surface area contributed by atoms with Crippen LogP contribution in [0.15, 0.2) is 47.9 Å². The van der Waals surface area contributed by atoms with Crippen LogP contribution in [-0.4, -0.2) is 72.4 Å². The van der Waals surface area contributed by atoms with Crippen LogP contribution >= 0.6 is 11.6 Å². The number of hydrogen-bond acceptors (Lipinski definition) is 9. The van der Waals surface area contributed by atoms with E-state index in [0.29, 0.717) is 41.1 Å². The van der Waals surface area contributed by atoms with Gasteiger partial charge in [-0.25, -0.2) is 14.4 Å². The highest BCUT2D eigenvalue weighted by Gasteiger charge is 2.26. The fourth-order valence-corrected chi connectivity index (χ4v) is 5.30. The molecule has 0 bridgehead atoms. The van der Waals surface area contributed by atoms with Crippen molar-refractivity contribution >= 4 is 28.5 Å². The van der Waals surface area contributed by atoms with Crippen LogP contribution in [0.2, 0.25) is 5.02 Å². The van der Waals surface area contributed by atoms with Gasteiger partial charge in [-0.1, -0.05) is 22.8 Å². The number of nitrogens with two attached hydrogens (primary N) is 1. The van der Waals surface area contributed by atoms with Crippen LogP contribution < -0.4 is 10.5 Å². The Labute approximate surface area is 240 Å². The van der Waals surface area contributed by atoms with Gasteiger partial charge < -0.3 is 25.0 Å². The Morgan fingerprint density at radius 3 is 2.73 bits per heavy atom. The molecular weight excluding hydrogens is 551 g/mol. The van der Waals surface area contributed by atoms with Gasteiger partial charge in [-0.15, -0.1) is 0 Å². The summed E-state index contributed by atoms with van der Waals surface area (Å²) in [6.45, 7) is 3.80. The van der Waals surface area contributed by atoms with Crippen molar-refractivity contribution < 1.29 is 19.1 Å². The summed E-state index contributed by atoms with van der Waals surface area (Å²) in [7, 11) is 0. The summed E-state index contributed by atoms with van der Waals surface area (Å²) in [5, 5.41) is 12.4. The Hall–Kier alpha value is -3.87. The van der Waals surface area contributed by atoms with E-state index >= 15 is 0 Å². The molecule has 6 rings (SSSR count). The fraction of sp³-hybridized carbons (Fsp3) is 0.393. The Balaban J connectivity index is 1.10. The summed E-state index contributed by atoms with van der Waals surface area (Å²) in [4.78, 5) is 20.4. The van der Waals surface area contributed by atoms with Crippen LogP contribution in [0.4, 0.5) is 4.39 Å². The lowest BCUT2D eigenvalue weighted by atomic mass is 10.1. The number of pyridine rings is 1. The van der Waals surface area contributed by atoms with Crippen LogP contribution in [0.1, 0.15) is 42.2 Å². The first-order chi connectivity index (χ1) is 19.9. The second-order valence-corrected chi connectivity index (χ2v) is 10.7. The lowest BCUT2D eigenvalue weighted by molar-refractivity contribution is -0.0592. The van der Waals surface area contributed by atoms with Gasteiger partial charge in [0, 0.05) is 43.4 Å². The zero-order valence-electron chi connectivity index (χ0n) is 22.3. The largest absolute Gasteiger partial charge is 0.474 e. The molecule has 0 radical (unpaired) electrons. The van der Waals surface area contributed by atoms with Gasteiger partial charge >= 0.3 is 0 Å². The molecule has 1 atom stereocenters. The molecule has 1 unspecified atom stereocenters. The van der Waals surface area contributed by atoms with E-state index in [1.165, 1.54) is 6.07 Å². The number of aromatic nitrogens is 5. The second-order valence-electron chi connectivity index (χ2n) is 10.3. The van der Waals surface area contributed by atoms with E-state index < -0.39 is 0 Å². The quantitative estimate of drug-likeness (QED) is 0.132. The molecule has 13 heteroatoms.